The number of aryl methyl sites for hydroxylation is 6. The minimum absolute atomic E-state index is 0.737. The van der Waals surface area contributed by atoms with E-state index in [0.717, 1.165) is 56.9 Å². The van der Waals surface area contributed by atoms with Gasteiger partial charge in [0.05, 0.1) is 5.41 Å². The Labute approximate surface area is 418 Å². The van der Waals surface area contributed by atoms with Gasteiger partial charge in [0.2, 0.25) is 0 Å². The Balaban J connectivity index is 1.17. The Morgan fingerprint density at radius 2 is 0.437 bits per heavy atom. The van der Waals surface area contributed by atoms with Gasteiger partial charge in [-0.25, -0.2) is 0 Å². The molecule has 0 bridgehead atoms. The van der Waals surface area contributed by atoms with E-state index < -0.39 is 5.41 Å². The van der Waals surface area contributed by atoms with Crippen LogP contribution in [0.2, 0.25) is 0 Å². The molecule has 0 fully saturated rings. The van der Waals surface area contributed by atoms with E-state index in [1.165, 1.54) is 77.9 Å². The van der Waals surface area contributed by atoms with Crippen LogP contribution in [-0.2, 0) is 5.41 Å². The molecule has 1 spiro atoms. The lowest BCUT2D eigenvalue weighted by molar-refractivity contribution is 0.794. The molecule has 2 aliphatic carbocycles. The van der Waals surface area contributed by atoms with Crippen molar-refractivity contribution in [1.29, 1.82) is 0 Å². The number of hydrogen-bond donors (Lipinski definition) is 1. The maximum Gasteiger partial charge on any atom is 0.0728 e. The number of nitrogens with two attached hydrogens (primary N) is 1. The summed E-state index contributed by atoms with van der Waals surface area (Å²) >= 11 is 0. The van der Waals surface area contributed by atoms with Gasteiger partial charge in [0, 0.05) is 56.9 Å². The van der Waals surface area contributed by atoms with Crippen LogP contribution in [0.5, 0.6) is 0 Å². The highest BCUT2D eigenvalue weighted by molar-refractivity contribution is 5.99. The van der Waals surface area contributed by atoms with Crippen molar-refractivity contribution in [1.82, 2.24) is 0 Å². The molecule has 0 unspecified atom stereocenters. The van der Waals surface area contributed by atoms with Crippen LogP contribution in [0.15, 0.2) is 218 Å². The number of benzene rings is 10. The summed E-state index contributed by atoms with van der Waals surface area (Å²) in [6.45, 7) is 12.9. The van der Waals surface area contributed by atoms with Gasteiger partial charge in [0.15, 0.2) is 0 Å². The molecule has 71 heavy (non-hydrogen) atoms. The fraction of sp³-hybridized carbons (Fsp3) is 0.104. The average molecular weight is 917 g/mol. The predicted molar refractivity (Wildman–Crippen MR) is 300 cm³/mol. The van der Waals surface area contributed by atoms with Crippen LogP contribution in [0.4, 0.5) is 56.9 Å². The minimum atomic E-state index is -0.766. The van der Waals surface area contributed by atoms with Gasteiger partial charge < -0.3 is 20.4 Å². The lowest BCUT2D eigenvalue weighted by Crippen LogP contribution is -2.27. The van der Waals surface area contributed by atoms with Gasteiger partial charge in [-0.1, -0.05) is 130 Å². The highest BCUT2D eigenvalue weighted by atomic mass is 15.2. The molecule has 0 saturated carbocycles. The van der Waals surface area contributed by atoms with E-state index in [9.17, 15) is 0 Å². The number of hydrogen-bond acceptors (Lipinski definition) is 4. The molecule has 4 nitrogen and oxygen atoms in total. The molecule has 344 valence electrons. The van der Waals surface area contributed by atoms with E-state index in [-0.39, 0.29) is 0 Å². The van der Waals surface area contributed by atoms with Gasteiger partial charge in [-0.3, -0.25) is 0 Å². The summed E-state index contributed by atoms with van der Waals surface area (Å²) in [5, 5.41) is 0. The topological polar surface area (TPSA) is 35.7 Å². The minimum Gasteiger partial charge on any atom is -0.399 e. The lowest BCUT2D eigenvalue weighted by Gasteiger charge is -2.34. The van der Waals surface area contributed by atoms with Gasteiger partial charge in [-0.05, 0) is 207 Å². The third kappa shape index (κ3) is 7.37. The van der Waals surface area contributed by atoms with Crippen LogP contribution in [0.25, 0.3) is 22.3 Å². The molecule has 0 amide bonds. The second-order valence-electron chi connectivity index (χ2n) is 19.8. The highest BCUT2D eigenvalue weighted by Crippen LogP contribution is 2.65. The second kappa shape index (κ2) is 17.1. The average Bonchev–Trinajstić information content (AvgIpc) is 3.83. The quantitative estimate of drug-likeness (QED) is 0.146. The Bertz CT molecular complexity index is 3200. The molecule has 10 aromatic carbocycles. The van der Waals surface area contributed by atoms with Crippen molar-refractivity contribution in [2.45, 2.75) is 47.0 Å². The van der Waals surface area contributed by atoms with Crippen LogP contribution in [0.3, 0.4) is 0 Å². The first-order chi connectivity index (χ1) is 34.5. The Morgan fingerprint density at radius 1 is 0.239 bits per heavy atom. The maximum absolute atomic E-state index is 7.00. The van der Waals surface area contributed by atoms with E-state index in [0.29, 0.717) is 0 Å². The van der Waals surface area contributed by atoms with Gasteiger partial charge in [0.1, 0.15) is 0 Å². The second-order valence-corrected chi connectivity index (χ2v) is 19.8. The summed E-state index contributed by atoms with van der Waals surface area (Å²) in [5.41, 5.74) is 33.8. The summed E-state index contributed by atoms with van der Waals surface area (Å²) in [5.74, 6) is 0. The summed E-state index contributed by atoms with van der Waals surface area (Å²) in [6, 6.07) is 81.3. The Hall–Kier alpha value is -8.60. The monoisotopic (exact) mass is 916 g/mol. The zero-order chi connectivity index (χ0) is 48.5. The van der Waals surface area contributed by atoms with Crippen LogP contribution in [0.1, 0.15) is 55.6 Å². The van der Waals surface area contributed by atoms with Crippen LogP contribution >= 0.6 is 0 Å². The highest BCUT2D eigenvalue weighted by Gasteiger charge is 2.52. The first-order valence-electron chi connectivity index (χ1n) is 24.7. The molecular formula is C67H56N4. The zero-order valence-corrected chi connectivity index (χ0v) is 41.2. The molecule has 0 atom stereocenters. The molecule has 4 heteroatoms. The molecule has 12 rings (SSSR count). The van der Waals surface area contributed by atoms with Crippen molar-refractivity contribution < 1.29 is 0 Å². The fourth-order valence-electron chi connectivity index (χ4n) is 11.1. The van der Waals surface area contributed by atoms with E-state index in [4.69, 9.17) is 5.73 Å². The smallest absolute Gasteiger partial charge is 0.0728 e. The molecule has 10 aromatic rings. The van der Waals surface area contributed by atoms with Crippen LogP contribution < -0.4 is 20.4 Å². The Morgan fingerprint density at radius 3 is 0.676 bits per heavy atom. The fourth-order valence-corrected chi connectivity index (χ4v) is 11.1. The first kappa shape index (κ1) is 43.7. The molecule has 2 aliphatic rings. The van der Waals surface area contributed by atoms with Gasteiger partial charge in [-0.2, -0.15) is 0 Å². The molecule has 0 aromatic heterocycles. The van der Waals surface area contributed by atoms with Crippen LogP contribution in [-0.4, -0.2) is 0 Å². The molecule has 2 N–H and O–H groups in total. The lowest BCUT2D eigenvalue weighted by atomic mass is 9.70. The standard InChI is InChI=1S/C67H56N4/c1-43-7-20-50(21-8-43)69(51-22-9-44(2)10-23-51)56-32-36-60-59-35-19-49(68)39-63(59)67(64(60)40-56)65-41-57(70(52-24-11-45(3)12-25-52)53-26-13-46(4)14-27-53)33-37-61(65)62-38-34-58(42-66(62)67)71(54-28-15-47(5)16-29-54)55-30-17-48(6)18-31-55/h7-42H,68H2,1-6H3. The number of nitrogen functional groups attached to an aromatic ring is 1. The van der Waals surface area contributed by atoms with Crippen molar-refractivity contribution in [3.63, 3.8) is 0 Å². The molecule has 0 radical (unpaired) electrons. The van der Waals surface area contributed by atoms with Crippen molar-refractivity contribution in [2.24, 2.45) is 0 Å². The number of rotatable bonds is 9. The SMILES string of the molecule is Cc1ccc(N(c2ccc(C)cc2)c2ccc3c(c2)C2(c4cc(N)ccc4-3)c3cc(N(c4ccc(C)cc4)c4ccc(C)cc4)ccc3-c3ccc(N(c4ccc(C)cc4)c4ccc(C)cc4)cc32)cc1. The summed E-state index contributed by atoms with van der Waals surface area (Å²) in [6.07, 6.45) is 0. The summed E-state index contributed by atoms with van der Waals surface area (Å²) in [4.78, 5) is 7.21. The largest absolute Gasteiger partial charge is 0.399 e. The van der Waals surface area contributed by atoms with Gasteiger partial charge in [0.25, 0.3) is 0 Å². The van der Waals surface area contributed by atoms with Crippen molar-refractivity contribution in [2.75, 3.05) is 20.4 Å². The van der Waals surface area contributed by atoms with Crippen molar-refractivity contribution >= 4 is 56.9 Å². The third-order valence-electron chi connectivity index (χ3n) is 14.8. The third-order valence-corrected chi connectivity index (χ3v) is 14.8. The number of fused-ring (bicyclic) bond motifs is 10. The van der Waals surface area contributed by atoms with Crippen LogP contribution in [0, 0.1) is 41.5 Å². The van der Waals surface area contributed by atoms with E-state index in [1.54, 1.807) is 0 Å². The molecular weight excluding hydrogens is 861 g/mol. The molecule has 0 saturated heterocycles. The first-order valence-corrected chi connectivity index (χ1v) is 24.7. The molecule has 0 aliphatic heterocycles. The predicted octanol–water partition coefficient (Wildman–Crippen LogP) is 17.9. The normalized spacial score (nSPS) is 12.5. The van der Waals surface area contributed by atoms with E-state index in [1.807, 2.05) is 0 Å². The van der Waals surface area contributed by atoms with Gasteiger partial charge >= 0.3 is 0 Å². The number of nitrogens with zero attached hydrogens (tertiary/aromatic N) is 3. The maximum atomic E-state index is 7.00. The van der Waals surface area contributed by atoms with Crippen molar-refractivity contribution in [3.05, 3.63) is 274 Å². The summed E-state index contributed by atoms with van der Waals surface area (Å²) in [7, 11) is 0. The molecule has 0 heterocycles. The van der Waals surface area contributed by atoms with E-state index in [2.05, 4.69) is 275 Å². The van der Waals surface area contributed by atoms with E-state index >= 15 is 0 Å². The van der Waals surface area contributed by atoms with Gasteiger partial charge in [-0.15, -0.1) is 0 Å². The Kier molecular flexibility index (Phi) is 10.5. The summed E-state index contributed by atoms with van der Waals surface area (Å²) < 4.78 is 0. The van der Waals surface area contributed by atoms with Crippen molar-refractivity contribution in [3.8, 4) is 22.3 Å². The zero-order valence-electron chi connectivity index (χ0n) is 41.2. The number of anilines is 10.